The van der Waals surface area contributed by atoms with E-state index >= 15 is 0 Å². The Morgan fingerprint density at radius 1 is 1.12 bits per heavy atom. The molecule has 1 aliphatic carbocycles. The number of hydrogen-bond acceptors (Lipinski definition) is 1. The Hall–Kier alpha value is -1.97. The van der Waals surface area contributed by atoms with Crippen molar-refractivity contribution < 1.29 is 17.9 Å². The van der Waals surface area contributed by atoms with E-state index in [9.17, 15) is 13.2 Å². The highest BCUT2D eigenvalue weighted by Crippen LogP contribution is 2.41. The van der Waals surface area contributed by atoms with Gasteiger partial charge in [0.2, 0.25) is 0 Å². The van der Waals surface area contributed by atoms with Gasteiger partial charge in [-0.2, -0.15) is 8.78 Å². The summed E-state index contributed by atoms with van der Waals surface area (Å²) in [7, 11) is 0. The molecule has 4 heteroatoms. The number of alkyl halides is 2. The number of halogens is 3. The maximum absolute atomic E-state index is 14.5. The Bertz CT molecular complexity index is 761. The van der Waals surface area contributed by atoms with Gasteiger partial charge in [-0.15, -0.1) is 0 Å². The summed E-state index contributed by atoms with van der Waals surface area (Å²) in [6.07, 6.45) is 1.89. The van der Waals surface area contributed by atoms with Gasteiger partial charge in [0.15, 0.2) is 0 Å². The van der Waals surface area contributed by atoms with E-state index < -0.39 is 17.8 Å². The van der Waals surface area contributed by atoms with Crippen LogP contribution in [0.5, 0.6) is 5.75 Å². The lowest BCUT2D eigenvalue weighted by Crippen LogP contribution is -2.37. The number of hydrogen-bond donors (Lipinski definition) is 0. The van der Waals surface area contributed by atoms with Crippen LogP contribution in [0.3, 0.4) is 0 Å². The molecular weight excluding hydrogens is 325 g/mol. The molecule has 0 amide bonds. The van der Waals surface area contributed by atoms with Crippen molar-refractivity contribution in [3.63, 3.8) is 0 Å². The van der Waals surface area contributed by atoms with Crippen LogP contribution in [-0.4, -0.2) is 6.11 Å². The topological polar surface area (TPSA) is 9.23 Å². The number of fused-ring (bicyclic) bond motifs is 1. The van der Waals surface area contributed by atoms with E-state index in [1.54, 1.807) is 12.1 Å². The molecule has 0 bridgehead atoms. The highest BCUT2D eigenvalue weighted by molar-refractivity contribution is 5.86. The second kappa shape index (κ2) is 7.11. The van der Waals surface area contributed by atoms with Crippen molar-refractivity contribution in [2.75, 3.05) is 0 Å². The molecule has 0 spiro atoms. The minimum Gasteiger partial charge on any atom is -0.432 e. The third-order valence-corrected chi connectivity index (χ3v) is 5.30. The van der Waals surface area contributed by atoms with Crippen molar-refractivity contribution in [3.05, 3.63) is 48.3 Å². The Balaban J connectivity index is 1.78. The zero-order chi connectivity index (χ0) is 18.0. The first-order chi connectivity index (χ1) is 11.9. The average molecular weight is 348 g/mol. The summed E-state index contributed by atoms with van der Waals surface area (Å²) in [5.74, 6) is -0.564. The second-order valence-corrected chi connectivity index (χ2v) is 6.88. The van der Waals surface area contributed by atoms with Gasteiger partial charge in [0.1, 0.15) is 11.6 Å². The lowest BCUT2D eigenvalue weighted by molar-refractivity contribution is -0.223. The first kappa shape index (κ1) is 17.8. The van der Waals surface area contributed by atoms with Gasteiger partial charge in [-0.3, -0.25) is 0 Å². The Morgan fingerprint density at radius 2 is 1.84 bits per heavy atom. The molecule has 0 aliphatic heterocycles. The molecule has 1 aliphatic rings. The molecule has 2 aromatic rings. The van der Waals surface area contributed by atoms with Crippen LogP contribution in [0.4, 0.5) is 13.2 Å². The lowest BCUT2D eigenvalue weighted by Gasteiger charge is -2.33. The molecule has 3 rings (SSSR count). The summed E-state index contributed by atoms with van der Waals surface area (Å²) in [5, 5.41) is 1.29. The fraction of sp³-hybridized carbons (Fsp3) is 0.429. The predicted octanol–water partition coefficient (Wildman–Crippen LogP) is 6.81. The number of benzene rings is 2. The van der Waals surface area contributed by atoms with Gasteiger partial charge in [-0.25, -0.2) is 4.39 Å². The van der Waals surface area contributed by atoms with Gasteiger partial charge >= 0.3 is 6.11 Å². The maximum Gasteiger partial charge on any atom is 0.400 e. The monoisotopic (exact) mass is 348 g/mol. The van der Waals surface area contributed by atoms with E-state index in [1.807, 2.05) is 0 Å². The van der Waals surface area contributed by atoms with Crippen molar-refractivity contribution in [2.24, 2.45) is 11.8 Å². The van der Waals surface area contributed by atoms with E-state index in [0.29, 0.717) is 29.7 Å². The van der Waals surface area contributed by atoms with E-state index in [1.165, 1.54) is 24.3 Å². The van der Waals surface area contributed by atoms with Crippen molar-refractivity contribution in [1.82, 2.24) is 0 Å². The first-order valence-electron chi connectivity index (χ1n) is 8.85. The van der Waals surface area contributed by atoms with E-state index in [-0.39, 0.29) is 5.75 Å². The van der Waals surface area contributed by atoms with Crippen LogP contribution in [0, 0.1) is 17.7 Å². The van der Waals surface area contributed by atoms with Crippen LogP contribution in [-0.2, 0) is 0 Å². The lowest BCUT2D eigenvalue weighted by atomic mass is 9.80. The highest BCUT2D eigenvalue weighted by Gasteiger charge is 2.43. The molecule has 25 heavy (non-hydrogen) atoms. The smallest absolute Gasteiger partial charge is 0.400 e. The summed E-state index contributed by atoms with van der Waals surface area (Å²) in [6.45, 7) is 5.67. The van der Waals surface area contributed by atoms with Crippen molar-refractivity contribution in [3.8, 4) is 5.75 Å². The van der Waals surface area contributed by atoms with Crippen molar-refractivity contribution >= 4 is 16.8 Å². The van der Waals surface area contributed by atoms with Crippen LogP contribution in [0.25, 0.3) is 16.8 Å². The van der Waals surface area contributed by atoms with Crippen LogP contribution in [0.15, 0.2) is 36.9 Å². The Kier molecular flexibility index (Phi) is 5.07. The van der Waals surface area contributed by atoms with Gasteiger partial charge in [0.25, 0.3) is 0 Å². The second-order valence-electron chi connectivity index (χ2n) is 6.88. The summed E-state index contributed by atoms with van der Waals surface area (Å²) in [6, 6.07) is 7.62. The third kappa shape index (κ3) is 3.83. The summed E-state index contributed by atoms with van der Waals surface area (Å²) < 4.78 is 48.0. The summed E-state index contributed by atoms with van der Waals surface area (Å²) in [5.41, 5.74) is 0.388. The molecule has 0 atom stereocenters. The molecule has 0 radical (unpaired) electrons. The van der Waals surface area contributed by atoms with Crippen molar-refractivity contribution in [1.29, 1.82) is 0 Å². The van der Waals surface area contributed by atoms with Gasteiger partial charge in [-0.1, -0.05) is 32.1 Å². The quantitative estimate of drug-likeness (QED) is 0.577. The molecule has 0 aromatic heterocycles. The standard InChI is InChI=1S/C21H23F3O/c1-3-14-5-8-18(9-6-14)21(23,24)25-19-10-7-16-11-15(4-2)20(22)13-17(16)12-19/h4,7,10-14,18H,2-3,5-6,8-9H2,1H3. The molecule has 2 aromatic carbocycles. The normalized spacial score (nSPS) is 21.3. The largest absolute Gasteiger partial charge is 0.432 e. The molecule has 1 nitrogen and oxygen atoms in total. The molecule has 0 saturated heterocycles. The predicted molar refractivity (Wildman–Crippen MR) is 95.3 cm³/mol. The third-order valence-electron chi connectivity index (χ3n) is 5.30. The van der Waals surface area contributed by atoms with Crippen molar-refractivity contribution in [2.45, 2.75) is 45.1 Å². The minimum atomic E-state index is -3.20. The SMILES string of the molecule is C=Cc1cc2ccc(OC(F)(F)C3CCC(CC)CC3)cc2cc1F. The van der Waals surface area contributed by atoms with E-state index in [0.717, 1.165) is 24.6 Å². The number of rotatable bonds is 5. The Labute approximate surface area is 146 Å². The van der Waals surface area contributed by atoms with Gasteiger partial charge in [-0.05, 0) is 66.6 Å². The molecule has 1 fully saturated rings. The fourth-order valence-corrected chi connectivity index (χ4v) is 3.63. The summed E-state index contributed by atoms with van der Waals surface area (Å²) >= 11 is 0. The zero-order valence-electron chi connectivity index (χ0n) is 14.4. The maximum atomic E-state index is 14.5. The molecule has 0 unspecified atom stereocenters. The van der Waals surface area contributed by atoms with E-state index in [2.05, 4.69) is 13.5 Å². The van der Waals surface area contributed by atoms with Crippen LogP contribution in [0.1, 0.15) is 44.6 Å². The molecule has 0 heterocycles. The van der Waals surface area contributed by atoms with E-state index in [4.69, 9.17) is 4.74 Å². The van der Waals surface area contributed by atoms with Crippen LogP contribution >= 0.6 is 0 Å². The molecule has 134 valence electrons. The van der Waals surface area contributed by atoms with Gasteiger partial charge in [0.05, 0.1) is 5.92 Å². The van der Waals surface area contributed by atoms with Gasteiger partial charge in [0, 0.05) is 5.56 Å². The average Bonchev–Trinajstić information content (AvgIpc) is 2.60. The zero-order valence-corrected chi connectivity index (χ0v) is 14.4. The fourth-order valence-electron chi connectivity index (χ4n) is 3.63. The van der Waals surface area contributed by atoms with Gasteiger partial charge < -0.3 is 4.74 Å². The van der Waals surface area contributed by atoms with Crippen LogP contribution < -0.4 is 4.74 Å². The number of ether oxygens (including phenoxy) is 1. The highest BCUT2D eigenvalue weighted by atomic mass is 19.3. The summed E-state index contributed by atoms with van der Waals surface area (Å²) in [4.78, 5) is 0. The molecular formula is C21H23F3O. The van der Waals surface area contributed by atoms with Crippen LogP contribution in [0.2, 0.25) is 0 Å². The Morgan fingerprint density at radius 3 is 2.48 bits per heavy atom. The first-order valence-corrected chi connectivity index (χ1v) is 8.85. The molecule has 1 saturated carbocycles. The minimum absolute atomic E-state index is 0.0702. The molecule has 0 N–H and O–H groups in total.